The molecule has 3 nitrogen and oxygen atoms in total. The second-order valence-corrected chi connectivity index (χ2v) is 5.99. The maximum absolute atomic E-state index is 10.4. The molecule has 0 bridgehead atoms. The summed E-state index contributed by atoms with van der Waals surface area (Å²) >= 11 is 0. The Morgan fingerprint density at radius 1 is 1.24 bits per heavy atom. The van der Waals surface area contributed by atoms with E-state index >= 15 is 0 Å². The van der Waals surface area contributed by atoms with Crippen LogP contribution < -0.4 is 5.32 Å². The van der Waals surface area contributed by atoms with Gasteiger partial charge in [-0.3, -0.25) is 4.90 Å². The summed E-state index contributed by atoms with van der Waals surface area (Å²) in [6.45, 7) is 6.29. The van der Waals surface area contributed by atoms with Gasteiger partial charge in [0.15, 0.2) is 0 Å². The van der Waals surface area contributed by atoms with Gasteiger partial charge in [-0.1, -0.05) is 31.0 Å². The third kappa shape index (κ3) is 4.49. The highest BCUT2D eigenvalue weighted by atomic mass is 35.5. The number of hydrogen-bond donors (Lipinski definition) is 2. The quantitative estimate of drug-likeness (QED) is 0.888. The van der Waals surface area contributed by atoms with Gasteiger partial charge in [0.25, 0.3) is 0 Å². The summed E-state index contributed by atoms with van der Waals surface area (Å²) in [5.41, 5.74) is 2.13. The van der Waals surface area contributed by atoms with Crippen LogP contribution in [0.4, 0.5) is 0 Å². The van der Waals surface area contributed by atoms with Gasteiger partial charge in [0.2, 0.25) is 0 Å². The second-order valence-electron chi connectivity index (χ2n) is 5.99. The van der Waals surface area contributed by atoms with Crippen LogP contribution in [0.3, 0.4) is 0 Å². The fraction of sp³-hybridized carbons (Fsp3) is 0.625. The lowest BCUT2D eigenvalue weighted by molar-refractivity contribution is 0.158. The minimum Gasteiger partial charge on any atom is -0.507 e. The zero-order valence-corrected chi connectivity index (χ0v) is 14.2. The first-order valence-corrected chi connectivity index (χ1v) is 7.49. The summed E-state index contributed by atoms with van der Waals surface area (Å²) in [7, 11) is 0. The predicted octanol–water partition coefficient (Wildman–Crippen LogP) is 3.29. The van der Waals surface area contributed by atoms with Crippen molar-refractivity contribution in [2.75, 3.05) is 26.2 Å². The van der Waals surface area contributed by atoms with E-state index < -0.39 is 0 Å². The molecule has 3 rings (SSSR count). The van der Waals surface area contributed by atoms with Gasteiger partial charge < -0.3 is 10.4 Å². The zero-order valence-electron chi connectivity index (χ0n) is 12.5. The van der Waals surface area contributed by atoms with E-state index in [0.29, 0.717) is 11.8 Å². The molecule has 0 spiro atoms. The van der Waals surface area contributed by atoms with Crippen LogP contribution in [0.5, 0.6) is 5.75 Å². The number of hydrogen-bond acceptors (Lipinski definition) is 3. The van der Waals surface area contributed by atoms with Crippen molar-refractivity contribution in [1.29, 1.82) is 0 Å². The van der Waals surface area contributed by atoms with Gasteiger partial charge >= 0.3 is 0 Å². The molecule has 2 fully saturated rings. The molecule has 120 valence electrons. The highest BCUT2D eigenvalue weighted by Crippen LogP contribution is 2.42. The standard InChI is InChI=1S/C16H24N2O.2ClH/c1-12-3-2-4-14(16(12)19)15(11-13-5-6-13)18-9-7-17-8-10-18;;/h2-4,13,15,17,19H,5-11H2,1H3;2*1H/t15-;;/m0../s1. The third-order valence-corrected chi connectivity index (χ3v) is 4.47. The number of benzene rings is 1. The van der Waals surface area contributed by atoms with E-state index in [0.717, 1.165) is 43.2 Å². The molecule has 1 aromatic rings. The molecule has 5 heteroatoms. The number of halogens is 2. The molecule has 1 aliphatic carbocycles. The van der Waals surface area contributed by atoms with E-state index in [4.69, 9.17) is 0 Å². The minimum absolute atomic E-state index is 0. The largest absolute Gasteiger partial charge is 0.507 e. The Kier molecular flexibility index (Phi) is 7.28. The first-order valence-electron chi connectivity index (χ1n) is 7.49. The van der Waals surface area contributed by atoms with Crippen molar-refractivity contribution < 1.29 is 5.11 Å². The Labute approximate surface area is 139 Å². The van der Waals surface area contributed by atoms with Gasteiger partial charge in [-0.05, 0) is 24.8 Å². The number of piperazine rings is 1. The molecule has 1 heterocycles. The number of phenolic OH excluding ortho intramolecular Hbond substituents is 1. The Morgan fingerprint density at radius 2 is 1.90 bits per heavy atom. The van der Waals surface area contributed by atoms with Crippen LogP contribution in [0.2, 0.25) is 0 Å². The van der Waals surface area contributed by atoms with Crippen LogP contribution in [0.25, 0.3) is 0 Å². The van der Waals surface area contributed by atoms with Crippen LogP contribution in [0.1, 0.15) is 36.4 Å². The van der Waals surface area contributed by atoms with Crippen LogP contribution in [-0.2, 0) is 0 Å². The number of nitrogens with one attached hydrogen (secondary N) is 1. The van der Waals surface area contributed by atoms with Crippen molar-refractivity contribution in [2.45, 2.75) is 32.2 Å². The smallest absolute Gasteiger partial charge is 0.123 e. The van der Waals surface area contributed by atoms with Gasteiger partial charge in [0.1, 0.15) is 5.75 Å². The molecule has 1 atom stereocenters. The number of aryl methyl sites for hydroxylation is 1. The third-order valence-electron chi connectivity index (χ3n) is 4.47. The van der Waals surface area contributed by atoms with Crippen LogP contribution in [0.15, 0.2) is 18.2 Å². The van der Waals surface area contributed by atoms with Crippen molar-refractivity contribution >= 4 is 24.8 Å². The van der Waals surface area contributed by atoms with Crippen LogP contribution in [-0.4, -0.2) is 36.2 Å². The molecular weight excluding hydrogens is 307 g/mol. The van der Waals surface area contributed by atoms with Gasteiger partial charge in [-0.15, -0.1) is 24.8 Å². The van der Waals surface area contributed by atoms with Crippen LogP contribution >= 0.6 is 24.8 Å². The number of phenols is 1. The van der Waals surface area contributed by atoms with Gasteiger partial charge in [-0.2, -0.15) is 0 Å². The topological polar surface area (TPSA) is 35.5 Å². The van der Waals surface area contributed by atoms with Crippen LogP contribution in [0, 0.1) is 12.8 Å². The van der Waals surface area contributed by atoms with E-state index in [1.807, 2.05) is 13.0 Å². The Balaban J connectivity index is 0.00000110. The van der Waals surface area contributed by atoms with Gasteiger partial charge in [0, 0.05) is 37.8 Å². The summed E-state index contributed by atoms with van der Waals surface area (Å²) in [5.74, 6) is 1.38. The SMILES string of the molecule is Cc1cccc([C@H](CC2CC2)N2CCNCC2)c1O.Cl.Cl. The van der Waals surface area contributed by atoms with Crippen molar-refractivity contribution in [2.24, 2.45) is 5.92 Å². The second kappa shape index (κ2) is 8.23. The van der Waals surface area contributed by atoms with Crippen molar-refractivity contribution in [3.8, 4) is 5.75 Å². The fourth-order valence-electron chi connectivity index (χ4n) is 3.09. The van der Waals surface area contributed by atoms with E-state index in [2.05, 4.69) is 22.3 Å². The highest BCUT2D eigenvalue weighted by Gasteiger charge is 2.31. The molecule has 1 aromatic carbocycles. The predicted molar refractivity (Wildman–Crippen MR) is 91.9 cm³/mol. The fourth-order valence-corrected chi connectivity index (χ4v) is 3.09. The maximum atomic E-state index is 10.4. The van der Waals surface area contributed by atoms with E-state index in [-0.39, 0.29) is 24.8 Å². The Hall–Kier alpha value is -0.480. The normalized spacial score (nSPS) is 20.2. The van der Waals surface area contributed by atoms with Gasteiger partial charge in [0.05, 0.1) is 0 Å². The van der Waals surface area contributed by atoms with E-state index in [1.165, 1.54) is 19.3 Å². The summed E-state index contributed by atoms with van der Waals surface area (Å²) in [6.07, 6.45) is 3.95. The molecular formula is C16H26Cl2N2O. The molecule has 1 saturated heterocycles. The number of aromatic hydroxyl groups is 1. The highest BCUT2D eigenvalue weighted by molar-refractivity contribution is 5.85. The summed E-state index contributed by atoms with van der Waals surface area (Å²) in [6, 6.07) is 6.57. The first kappa shape index (κ1) is 18.6. The molecule has 2 aliphatic rings. The lowest BCUT2D eigenvalue weighted by atomic mass is 9.96. The van der Waals surface area contributed by atoms with Gasteiger partial charge in [-0.25, -0.2) is 0 Å². The average molecular weight is 333 g/mol. The average Bonchev–Trinajstić information content (AvgIpc) is 3.25. The maximum Gasteiger partial charge on any atom is 0.123 e. The zero-order chi connectivity index (χ0) is 13.2. The number of rotatable bonds is 4. The molecule has 1 saturated carbocycles. The van der Waals surface area contributed by atoms with E-state index in [1.54, 1.807) is 0 Å². The van der Waals surface area contributed by atoms with E-state index in [9.17, 15) is 5.11 Å². The monoisotopic (exact) mass is 332 g/mol. The number of para-hydroxylation sites is 1. The lowest BCUT2D eigenvalue weighted by Gasteiger charge is -2.36. The molecule has 0 unspecified atom stereocenters. The summed E-state index contributed by atoms with van der Waals surface area (Å²) < 4.78 is 0. The summed E-state index contributed by atoms with van der Waals surface area (Å²) in [4.78, 5) is 2.54. The summed E-state index contributed by atoms with van der Waals surface area (Å²) in [5, 5.41) is 13.8. The Morgan fingerprint density at radius 3 is 2.52 bits per heavy atom. The first-order chi connectivity index (χ1) is 9.25. The Bertz CT molecular complexity index is 446. The molecule has 1 aliphatic heterocycles. The molecule has 0 amide bonds. The lowest BCUT2D eigenvalue weighted by Crippen LogP contribution is -2.45. The number of nitrogens with zero attached hydrogens (tertiary/aromatic N) is 1. The van der Waals surface area contributed by atoms with Crippen molar-refractivity contribution in [3.05, 3.63) is 29.3 Å². The molecule has 0 radical (unpaired) electrons. The molecule has 21 heavy (non-hydrogen) atoms. The molecule has 0 aromatic heterocycles. The van der Waals surface area contributed by atoms with Crippen molar-refractivity contribution in [1.82, 2.24) is 10.2 Å². The molecule has 2 N–H and O–H groups in total. The minimum atomic E-state index is 0. The van der Waals surface area contributed by atoms with Crippen molar-refractivity contribution in [3.63, 3.8) is 0 Å².